The molecular formula is C7H12N2O3. The predicted molar refractivity (Wildman–Crippen MR) is 43.2 cm³/mol. The Kier molecular flexibility index (Phi) is 4.71. The van der Waals surface area contributed by atoms with Crippen LogP contribution in [0.1, 0.15) is 6.92 Å². The molecule has 0 aliphatic heterocycles. The van der Waals surface area contributed by atoms with Gasteiger partial charge in [-0.3, -0.25) is 10.1 Å². The second-order valence-corrected chi connectivity index (χ2v) is 2.31. The van der Waals surface area contributed by atoms with Crippen molar-refractivity contribution in [1.29, 1.82) is 0 Å². The van der Waals surface area contributed by atoms with Gasteiger partial charge in [0.05, 0.1) is 6.61 Å². The number of amides is 3. The van der Waals surface area contributed by atoms with E-state index in [0.717, 1.165) is 0 Å². The van der Waals surface area contributed by atoms with Crippen LogP contribution in [0.3, 0.4) is 0 Å². The molecule has 0 radical (unpaired) electrons. The van der Waals surface area contributed by atoms with Crippen LogP contribution >= 0.6 is 0 Å². The van der Waals surface area contributed by atoms with Crippen molar-refractivity contribution in [1.82, 2.24) is 10.2 Å². The van der Waals surface area contributed by atoms with Crippen molar-refractivity contribution in [3.05, 3.63) is 11.8 Å². The summed E-state index contributed by atoms with van der Waals surface area (Å²) < 4.78 is 0. The highest BCUT2D eigenvalue weighted by atomic mass is 16.3. The Bertz CT molecular complexity index is 201. The molecule has 5 heteroatoms. The molecule has 68 valence electrons. The fourth-order valence-electron chi connectivity index (χ4n) is 0.582. The van der Waals surface area contributed by atoms with Gasteiger partial charge in [-0.1, -0.05) is 0 Å². The van der Waals surface area contributed by atoms with E-state index >= 15 is 0 Å². The van der Waals surface area contributed by atoms with E-state index in [2.05, 4.69) is 0 Å². The van der Waals surface area contributed by atoms with Gasteiger partial charge in [-0.15, -0.1) is 0 Å². The molecule has 0 atom stereocenters. The van der Waals surface area contributed by atoms with Crippen LogP contribution < -0.4 is 5.32 Å². The molecule has 0 fully saturated rings. The molecule has 0 bridgehead atoms. The second-order valence-electron chi connectivity index (χ2n) is 2.31. The second kappa shape index (κ2) is 5.31. The van der Waals surface area contributed by atoms with Crippen molar-refractivity contribution in [2.24, 2.45) is 0 Å². The maximum absolute atomic E-state index is 10.9. The van der Waals surface area contributed by atoms with E-state index in [-0.39, 0.29) is 6.61 Å². The minimum atomic E-state index is -0.530. The Hall–Kier alpha value is -1.36. The summed E-state index contributed by atoms with van der Waals surface area (Å²) in [4.78, 5) is 21.9. The Morgan fingerprint density at radius 3 is 2.67 bits per heavy atom. The molecule has 5 nitrogen and oxygen atoms in total. The predicted octanol–water partition coefficient (Wildman–Crippen LogP) is -0.320. The molecule has 0 spiro atoms. The van der Waals surface area contributed by atoms with Gasteiger partial charge in [0.15, 0.2) is 0 Å². The van der Waals surface area contributed by atoms with Crippen molar-refractivity contribution < 1.29 is 14.7 Å². The van der Waals surface area contributed by atoms with E-state index in [9.17, 15) is 9.59 Å². The first-order valence-corrected chi connectivity index (χ1v) is 3.37. The summed E-state index contributed by atoms with van der Waals surface area (Å²) in [5.41, 5.74) is 0.638. The van der Waals surface area contributed by atoms with Gasteiger partial charge in [0.25, 0.3) is 0 Å². The molecule has 3 amide bonds. The maximum Gasteiger partial charge on any atom is 0.327 e. The first-order valence-electron chi connectivity index (χ1n) is 3.37. The van der Waals surface area contributed by atoms with Gasteiger partial charge in [-0.05, 0) is 12.5 Å². The summed E-state index contributed by atoms with van der Waals surface area (Å²) in [5.74, 6) is 0. The lowest BCUT2D eigenvalue weighted by atomic mass is 10.3. The molecule has 0 aromatic rings. The molecule has 2 N–H and O–H groups in total. The fraction of sp³-hybridized carbons (Fsp3) is 0.429. The number of nitrogens with one attached hydrogen (secondary N) is 1. The van der Waals surface area contributed by atoms with Gasteiger partial charge < -0.3 is 10.0 Å². The number of hydrogen-bond donors (Lipinski definition) is 2. The van der Waals surface area contributed by atoms with E-state index < -0.39 is 6.03 Å². The third-order valence-electron chi connectivity index (χ3n) is 1.17. The van der Waals surface area contributed by atoms with Crippen LogP contribution in [0.15, 0.2) is 11.8 Å². The fourth-order valence-corrected chi connectivity index (χ4v) is 0.582. The van der Waals surface area contributed by atoms with Gasteiger partial charge in [0.1, 0.15) is 0 Å². The Balaban J connectivity index is 4.10. The number of hydrogen-bond acceptors (Lipinski definition) is 3. The topological polar surface area (TPSA) is 69.6 Å². The highest BCUT2D eigenvalue weighted by molar-refractivity contribution is 5.84. The number of carbonyl (C=O) groups excluding carboxylic acids is 2. The van der Waals surface area contributed by atoms with Gasteiger partial charge in [-0.2, -0.15) is 0 Å². The van der Waals surface area contributed by atoms with Crippen LogP contribution in [-0.2, 0) is 4.79 Å². The van der Waals surface area contributed by atoms with Gasteiger partial charge in [0.2, 0.25) is 6.41 Å². The average molecular weight is 172 g/mol. The quantitative estimate of drug-likeness (QED) is 0.573. The number of imide groups is 1. The van der Waals surface area contributed by atoms with Crippen LogP contribution in [0.4, 0.5) is 4.79 Å². The maximum atomic E-state index is 10.9. The standard InChI is InChI=1S/C7H12N2O3/c1-6(4-10)3-9(2)7(12)8-5-11/h3,5,10H,4H2,1-2H3,(H,8,11,12)/b6-3+. The third-order valence-corrected chi connectivity index (χ3v) is 1.17. The van der Waals surface area contributed by atoms with Gasteiger partial charge >= 0.3 is 6.03 Å². The molecule has 0 rings (SSSR count). The SMILES string of the molecule is C/C(=C\N(C)C(=O)NC=O)CO. The van der Waals surface area contributed by atoms with Gasteiger partial charge in [-0.25, -0.2) is 4.79 Å². The van der Waals surface area contributed by atoms with Crippen molar-refractivity contribution >= 4 is 12.4 Å². The molecular weight excluding hydrogens is 160 g/mol. The van der Waals surface area contributed by atoms with Crippen LogP contribution in [0, 0.1) is 0 Å². The number of rotatable bonds is 3. The summed E-state index contributed by atoms with van der Waals surface area (Å²) in [5, 5.41) is 10.6. The lowest BCUT2D eigenvalue weighted by Gasteiger charge is -2.11. The first-order chi connectivity index (χ1) is 5.61. The summed E-state index contributed by atoms with van der Waals surface area (Å²) in [6.07, 6.45) is 1.75. The minimum absolute atomic E-state index is 0.112. The minimum Gasteiger partial charge on any atom is -0.392 e. The number of urea groups is 1. The highest BCUT2D eigenvalue weighted by Crippen LogP contribution is 1.93. The van der Waals surface area contributed by atoms with E-state index in [1.165, 1.54) is 18.1 Å². The molecule has 0 aliphatic rings. The van der Waals surface area contributed by atoms with Crippen molar-refractivity contribution in [3.63, 3.8) is 0 Å². The zero-order chi connectivity index (χ0) is 9.56. The van der Waals surface area contributed by atoms with Crippen LogP contribution in [-0.4, -0.2) is 36.1 Å². The van der Waals surface area contributed by atoms with Crippen LogP contribution in [0.25, 0.3) is 0 Å². The zero-order valence-electron chi connectivity index (χ0n) is 7.07. The molecule has 0 saturated heterocycles. The molecule has 0 heterocycles. The zero-order valence-corrected chi connectivity index (χ0v) is 7.07. The van der Waals surface area contributed by atoms with E-state index in [0.29, 0.717) is 12.0 Å². The number of aliphatic hydroxyl groups excluding tert-OH is 1. The monoisotopic (exact) mass is 172 g/mol. The Morgan fingerprint density at radius 2 is 2.25 bits per heavy atom. The summed E-state index contributed by atoms with van der Waals surface area (Å²) >= 11 is 0. The number of aliphatic hydroxyl groups is 1. The molecule has 0 unspecified atom stereocenters. The van der Waals surface area contributed by atoms with E-state index in [4.69, 9.17) is 5.11 Å². The summed E-state index contributed by atoms with van der Waals surface area (Å²) in [7, 11) is 1.48. The lowest BCUT2D eigenvalue weighted by Crippen LogP contribution is -2.33. The van der Waals surface area contributed by atoms with Crippen LogP contribution in [0.5, 0.6) is 0 Å². The smallest absolute Gasteiger partial charge is 0.327 e. The first kappa shape index (κ1) is 10.6. The average Bonchev–Trinajstić information content (AvgIpc) is 2.04. The van der Waals surface area contributed by atoms with Crippen molar-refractivity contribution in [3.8, 4) is 0 Å². The van der Waals surface area contributed by atoms with Gasteiger partial charge in [0, 0.05) is 13.2 Å². The summed E-state index contributed by atoms with van der Waals surface area (Å²) in [6, 6.07) is -0.530. The molecule has 12 heavy (non-hydrogen) atoms. The van der Waals surface area contributed by atoms with Crippen molar-refractivity contribution in [2.75, 3.05) is 13.7 Å². The third kappa shape index (κ3) is 3.72. The van der Waals surface area contributed by atoms with Crippen molar-refractivity contribution in [2.45, 2.75) is 6.92 Å². The van der Waals surface area contributed by atoms with E-state index in [1.807, 2.05) is 5.32 Å². The molecule has 0 aromatic heterocycles. The Labute approximate surface area is 70.7 Å². The van der Waals surface area contributed by atoms with Crippen LogP contribution in [0.2, 0.25) is 0 Å². The summed E-state index contributed by atoms with van der Waals surface area (Å²) in [6.45, 7) is 1.56. The number of carbonyl (C=O) groups is 2. The highest BCUT2D eigenvalue weighted by Gasteiger charge is 2.03. The molecule has 0 aliphatic carbocycles. The molecule has 0 aromatic carbocycles. The van der Waals surface area contributed by atoms with E-state index in [1.54, 1.807) is 6.92 Å². The lowest BCUT2D eigenvalue weighted by molar-refractivity contribution is -0.108. The number of nitrogens with zero attached hydrogens (tertiary/aromatic N) is 1. The Morgan fingerprint density at radius 1 is 1.67 bits per heavy atom. The molecule has 0 saturated carbocycles. The normalized spacial score (nSPS) is 10.8. The largest absolute Gasteiger partial charge is 0.392 e.